The standard InChI is InChI=1S/C30H29NO4/c1-19-11-20(15-24(12-19)33-2)21-13-22-16-34-17-23(14-21)31(22)30(32)35-18-29-27-9-5-3-7-25(27)26-8-4-6-10-28(26)29/h3-13,15,22-23,29H,14,16-18H2,1-2H3. The maximum atomic E-state index is 13.4. The first-order chi connectivity index (χ1) is 17.1. The Morgan fingerprint density at radius 1 is 1.00 bits per heavy atom. The molecule has 3 aliphatic rings. The van der Waals surface area contributed by atoms with Crippen LogP contribution in [0, 0.1) is 6.92 Å². The van der Waals surface area contributed by atoms with Gasteiger partial charge in [-0.1, -0.05) is 60.7 Å². The number of methoxy groups -OCH3 is 1. The number of aryl methyl sites for hydroxylation is 1. The van der Waals surface area contributed by atoms with Crippen molar-refractivity contribution >= 4 is 11.7 Å². The highest BCUT2D eigenvalue weighted by atomic mass is 16.6. The fourth-order valence-electron chi connectivity index (χ4n) is 5.81. The summed E-state index contributed by atoms with van der Waals surface area (Å²) in [6, 6.07) is 22.9. The zero-order valence-corrected chi connectivity index (χ0v) is 20.1. The monoisotopic (exact) mass is 467 g/mol. The van der Waals surface area contributed by atoms with Crippen molar-refractivity contribution in [3.63, 3.8) is 0 Å². The van der Waals surface area contributed by atoms with Gasteiger partial charge in [0.15, 0.2) is 0 Å². The van der Waals surface area contributed by atoms with Crippen LogP contribution in [0.15, 0.2) is 72.8 Å². The molecular formula is C30H29NO4. The summed E-state index contributed by atoms with van der Waals surface area (Å²) >= 11 is 0. The van der Waals surface area contributed by atoms with E-state index in [0.717, 1.165) is 23.3 Å². The first-order valence-electron chi connectivity index (χ1n) is 12.2. The topological polar surface area (TPSA) is 48.0 Å². The maximum absolute atomic E-state index is 13.4. The molecule has 1 saturated heterocycles. The van der Waals surface area contributed by atoms with Gasteiger partial charge in [0.2, 0.25) is 0 Å². The second kappa shape index (κ2) is 8.90. The van der Waals surface area contributed by atoms with Crippen molar-refractivity contribution in [2.45, 2.75) is 31.3 Å². The van der Waals surface area contributed by atoms with E-state index in [1.165, 1.54) is 27.8 Å². The van der Waals surface area contributed by atoms with Crippen molar-refractivity contribution in [2.24, 2.45) is 0 Å². The van der Waals surface area contributed by atoms with Gasteiger partial charge in [0.05, 0.1) is 32.4 Å². The molecule has 1 fully saturated rings. The predicted octanol–water partition coefficient (Wildman–Crippen LogP) is 5.81. The Morgan fingerprint density at radius 2 is 1.71 bits per heavy atom. The van der Waals surface area contributed by atoms with Gasteiger partial charge in [-0.3, -0.25) is 4.90 Å². The van der Waals surface area contributed by atoms with Gasteiger partial charge in [0.1, 0.15) is 12.4 Å². The second-order valence-electron chi connectivity index (χ2n) is 9.60. The molecule has 5 nitrogen and oxygen atoms in total. The van der Waals surface area contributed by atoms with Crippen molar-refractivity contribution in [1.29, 1.82) is 0 Å². The number of nitrogens with zero attached hydrogens (tertiary/aromatic N) is 1. The van der Waals surface area contributed by atoms with E-state index in [1.54, 1.807) is 7.11 Å². The summed E-state index contributed by atoms with van der Waals surface area (Å²) in [6.45, 7) is 3.39. The van der Waals surface area contributed by atoms with Crippen LogP contribution < -0.4 is 4.74 Å². The largest absolute Gasteiger partial charge is 0.497 e. The lowest BCUT2D eigenvalue weighted by Gasteiger charge is -2.44. The van der Waals surface area contributed by atoms with Crippen LogP contribution in [0.3, 0.4) is 0 Å². The van der Waals surface area contributed by atoms with Crippen LogP contribution in [-0.4, -0.2) is 50.0 Å². The molecular weight excluding hydrogens is 438 g/mol. The fourth-order valence-corrected chi connectivity index (χ4v) is 5.81. The molecule has 2 unspecified atom stereocenters. The molecule has 2 heterocycles. The SMILES string of the molecule is COc1cc(C)cc(C2=CC3COCC(C2)N3C(=O)OCC2c3ccccc3-c3ccccc32)c1. The molecule has 2 atom stereocenters. The molecule has 0 saturated carbocycles. The van der Waals surface area contributed by atoms with Gasteiger partial charge in [0.25, 0.3) is 0 Å². The number of ether oxygens (including phenoxy) is 3. The molecule has 1 aliphatic carbocycles. The minimum absolute atomic E-state index is 0.0455. The number of fused-ring (bicyclic) bond motifs is 5. The van der Waals surface area contributed by atoms with Crippen LogP contribution in [0.1, 0.15) is 34.6 Å². The van der Waals surface area contributed by atoms with Gasteiger partial charge in [-0.15, -0.1) is 0 Å². The number of hydrogen-bond acceptors (Lipinski definition) is 4. The molecule has 0 aromatic heterocycles. The lowest BCUT2D eigenvalue weighted by Crippen LogP contribution is -2.56. The van der Waals surface area contributed by atoms with Gasteiger partial charge in [0, 0.05) is 5.92 Å². The lowest BCUT2D eigenvalue weighted by molar-refractivity contribution is -0.0331. The Labute approximate surface area is 205 Å². The van der Waals surface area contributed by atoms with Gasteiger partial charge in [-0.2, -0.15) is 0 Å². The van der Waals surface area contributed by atoms with Crippen molar-refractivity contribution < 1.29 is 19.0 Å². The molecule has 3 aromatic carbocycles. The number of rotatable bonds is 4. The van der Waals surface area contributed by atoms with Crippen LogP contribution >= 0.6 is 0 Å². The summed E-state index contributed by atoms with van der Waals surface area (Å²) in [7, 11) is 1.69. The summed E-state index contributed by atoms with van der Waals surface area (Å²) < 4.78 is 17.3. The van der Waals surface area contributed by atoms with E-state index in [2.05, 4.69) is 73.7 Å². The van der Waals surface area contributed by atoms with Gasteiger partial charge >= 0.3 is 6.09 Å². The van der Waals surface area contributed by atoms with E-state index in [-0.39, 0.29) is 24.1 Å². The Morgan fingerprint density at radius 3 is 2.40 bits per heavy atom. The summed E-state index contributed by atoms with van der Waals surface area (Å²) in [6.07, 6.45) is 2.63. The number of hydrogen-bond donors (Lipinski definition) is 0. The number of morpholine rings is 1. The molecule has 0 N–H and O–H groups in total. The van der Waals surface area contributed by atoms with Crippen molar-refractivity contribution in [2.75, 3.05) is 26.9 Å². The first kappa shape index (κ1) is 21.9. The molecule has 5 heteroatoms. The van der Waals surface area contributed by atoms with Crippen LogP contribution in [0.5, 0.6) is 5.75 Å². The molecule has 2 bridgehead atoms. The number of benzene rings is 3. The molecule has 6 rings (SSSR count). The van der Waals surface area contributed by atoms with Crippen LogP contribution in [0.2, 0.25) is 0 Å². The van der Waals surface area contributed by atoms with E-state index in [4.69, 9.17) is 14.2 Å². The number of carbonyl (C=O) groups excluding carboxylic acids is 1. The van der Waals surface area contributed by atoms with Crippen molar-refractivity contribution in [1.82, 2.24) is 4.90 Å². The lowest BCUT2D eigenvalue weighted by atomic mass is 9.89. The summed E-state index contributed by atoms with van der Waals surface area (Å²) in [5.41, 5.74) is 8.43. The normalized spacial score (nSPS) is 20.6. The smallest absolute Gasteiger partial charge is 0.410 e. The average molecular weight is 468 g/mol. The molecule has 0 radical (unpaired) electrons. The fraction of sp³-hybridized carbons (Fsp3) is 0.300. The Kier molecular flexibility index (Phi) is 5.57. The van der Waals surface area contributed by atoms with Crippen molar-refractivity contribution in [3.8, 4) is 16.9 Å². The summed E-state index contributed by atoms with van der Waals surface area (Å²) in [4.78, 5) is 15.3. The van der Waals surface area contributed by atoms with Gasteiger partial charge in [-0.05, 0) is 64.4 Å². The van der Waals surface area contributed by atoms with Crippen molar-refractivity contribution in [3.05, 3.63) is 95.1 Å². The molecule has 178 valence electrons. The summed E-state index contributed by atoms with van der Waals surface area (Å²) in [5.74, 6) is 0.902. The van der Waals surface area contributed by atoms with E-state index >= 15 is 0 Å². The van der Waals surface area contributed by atoms with E-state index in [9.17, 15) is 4.79 Å². The van der Waals surface area contributed by atoms with Crippen LogP contribution in [0.4, 0.5) is 4.79 Å². The highest BCUT2D eigenvalue weighted by Gasteiger charge is 2.40. The zero-order chi connectivity index (χ0) is 23.9. The van der Waals surface area contributed by atoms with Crippen LogP contribution in [-0.2, 0) is 9.47 Å². The quantitative estimate of drug-likeness (QED) is 0.486. The average Bonchev–Trinajstić information content (AvgIpc) is 3.19. The van der Waals surface area contributed by atoms with E-state index in [0.29, 0.717) is 19.8 Å². The van der Waals surface area contributed by atoms with E-state index < -0.39 is 0 Å². The third-order valence-corrected chi connectivity index (χ3v) is 7.40. The molecule has 3 aromatic rings. The highest BCUT2D eigenvalue weighted by molar-refractivity contribution is 5.79. The molecule has 1 amide bonds. The summed E-state index contributed by atoms with van der Waals surface area (Å²) in [5, 5.41) is 0. The minimum atomic E-state index is -0.262. The minimum Gasteiger partial charge on any atom is -0.497 e. The third kappa shape index (κ3) is 3.90. The first-order valence-corrected chi connectivity index (χ1v) is 12.2. The molecule has 2 aliphatic heterocycles. The highest BCUT2D eigenvalue weighted by Crippen LogP contribution is 2.44. The molecule has 35 heavy (non-hydrogen) atoms. The van der Waals surface area contributed by atoms with Crippen LogP contribution in [0.25, 0.3) is 16.7 Å². The molecule has 0 spiro atoms. The number of amides is 1. The maximum Gasteiger partial charge on any atom is 0.410 e. The van der Waals surface area contributed by atoms with E-state index in [1.807, 2.05) is 11.0 Å². The number of carbonyl (C=O) groups is 1. The van der Waals surface area contributed by atoms with Gasteiger partial charge in [-0.25, -0.2) is 4.79 Å². The Hall–Kier alpha value is -3.57. The van der Waals surface area contributed by atoms with Gasteiger partial charge < -0.3 is 14.2 Å². The third-order valence-electron chi connectivity index (χ3n) is 7.40. The second-order valence-corrected chi connectivity index (χ2v) is 9.60. The zero-order valence-electron chi connectivity index (χ0n) is 20.1. The Balaban J connectivity index is 1.22. The Bertz CT molecular complexity index is 1270. The predicted molar refractivity (Wildman–Crippen MR) is 136 cm³/mol.